The molecule has 0 aliphatic heterocycles. The standard InChI is InChI=1S/C4H8N2O3.H2O4S/c5-3(7)1-2-4(8)6-9;1-5(2,3)4/h9H,1-2H2,(H2,5,7)(H,6,8);(H2,1,2,3,4). The molecule has 9 nitrogen and oxygen atoms in total. The van der Waals surface area contributed by atoms with Crippen molar-refractivity contribution in [2.45, 2.75) is 12.8 Å². The van der Waals surface area contributed by atoms with Crippen LogP contribution in [0, 0.1) is 0 Å². The normalized spacial score (nSPS) is 9.64. The van der Waals surface area contributed by atoms with E-state index in [-0.39, 0.29) is 12.8 Å². The summed E-state index contributed by atoms with van der Waals surface area (Å²) in [5, 5.41) is 7.90. The second-order valence-electron chi connectivity index (χ2n) is 1.95. The number of nitrogens with one attached hydrogen (secondary N) is 1. The summed E-state index contributed by atoms with van der Waals surface area (Å²) in [5.74, 6) is -1.16. The van der Waals surface area contributed by atoms with Crippen molar-refractivity contribution < 1.29 is 32.3 Å². The molecule has 0 saturated carbocycles. The maximum absolute atomic E-state index is 10.1. The largest absolute Gasteiger partial charge is 0.394 e. The fourth-order valence-electron chi connectivity index (χ4n) is 0.293. The van der Waals surface area contributed by atoms with Gasteiger partial charge in [0.15, 0.2) is 0 Å². The lowest BCUT2D eigenvalue weighted by atomic mass is 10.3. The third kappa shape index (κ3) is 30.9. The zero-order chi connectivity index (χ0) is 11.8. The van der Waals surface area contributed by atoms with Crippen LogP contribution in [0.3, 0.4) is 0 Å². The summed E-state index contributed by atoms with van der Waals surface area (Å²) in [5.41, 5.74) is 6.07. The summed E-state index contributed by atoms with van der Waals surface area (Å²) in [4.78, 5) is 20.1. The number of primary amides is 1. The van der Waals surface area contributed by atoms with Gasteiger partial charge < -0.3 is 5.73 Å². The van der Waals surface area contributed by atoms with Gasteiger partial charge in [-0.05, 0) is 0 Å². The Morgan fingerprint density at radius 1 is 1.21 bits per heavy atom. The van der Waals surface area contributed by atoms with Gasteiger partial charge in [-0.1, -0.05) is 0 Å². The lowest BCUT2D eigenvalue weighted by Gasteiger charge is -1.92. The Kier molecular flexibility index (Phi) is 7.84. The highest BCUT2D eigenvalue weighted by Crippen LogP contribution is 1.84. The van der Waals surface area contributed by atoms with Crippen molar-refractivity contribution in [3.8, 4) is 0 Å². The summed E-state index contributed by atoms with van der Waals surface area (Å²) < 4.78 is 31.6. The smallest absolute Gasteiger partial charge is 0.370 e. The van der Waals surface area contributed by atoms with E-state index in [0.29, 0.717) is 0 Å². The van der Waals surface area contributed by atoms with Crippen LogP contribution < -0.4 is 11.2 Å². The molecule has 0 aromatic rings. The summed E-state index contributed by atoms with van der Waals surface area (Å²) >= 11 is 0. The minimum atomic E-state index is -4.67. The van der Waals surface area contributed by atoms with Crippen LogP contribution in [-0.4, -0.2) is 34.5 Å². The lowest BCUT2D eigenvalue weighted by molar-refractivity contribution is -0.131. The minimum Gasteiger partial charge on any atom is -0.370 e. The monoisotopic (exact) mass is 230 g/mol. The molecule has 0 aliphatic carbocycles. The second kappa shape index (κ2) is 7.20. The minimum absolute atomic E-state index is 0.0353. The van der Waals surface area contributed by atoms with Crippen molar-refractivity contribution in [1.82, 2.24) is 5.48 Å². The van der Waals surface area contributed by atoms with E-state index < -0.39 is 22.2 Å². The third-order valence-electron chi connectivity index (χ3n) is 0.723. The fraction of sp³-hybridized carbons (Fsp3) is 0.500. The first-order chi connectivity index (χ1) is 6.16. The van der Waals surface area contributed by atoms with Crippen molar-refractivity contribution in [2.24, 2.45) is 5.73 Å². The molecule has 84 valence electrons. The average Bonchev–Trinajstić information content (AvgIpc) is 1.96. The molecular weight excluding hydrogens is 220 g/mol. The predicted octanol–water partition coefficient (Wildman–Crippen LogP) is -1.90. The van der Waals surface area contributed by atoms with Gasteiger partial charge in [-0.3, -0.25) is 23.9 Å². The van der Waals surface area contributed by atoms with E-state index >= 15 is 0 Å². The molecule has 0 aromatic heterocycles. The maximum Gasteiger partial charge on any atom is 0.394 e. The highest BCUT2D eigenvalue weighted by molar-refractivity contribution is 7.79. The Morgan fingerprint density at radius 2 is 1.57 bits per heavy atom. The van der Waals surface area contributed by atoms with Crippen LogP contribution in [0.2, 0.25) is 0 Å². The van der Waals surface area contributed by atoms with Crippen molar-refractivity contribution >= 4 is 22.2 Å². The van der Waals surface area contributed by atoms with Crippen molar-refractivity contribution in [2.75, 3.05) is 0 Å². The number of rotatable bonds is 3. The third-order valence-corrected chi connectivity index (χ3v) is 0.723. The van der Waals surface area contributed by atoms with Crippen molar-refractivity contribution in [3.63, 3.8) is 0 Å². The predicted molar refractivity (Wildman–Crippen MR) is 42.5 cm³/mol. The van der Waals surface area contributed by atoms with Crippen LogP contribution in [-0.2, 0) is 20.0 Å². The van der Waals surface area contributed by atoms with Crippen molar-refractivity contribution in [3.05, 3.63) is 0 Å². The number of hydrogen-bond acceptors (Lipinski definition) is 5. The fourth-order valence-corrected chi connectivity index (χ4v) is 0.293. The molecule has 0 heterocycles. The van der Waals surface area contributed by atoms with Crippen LogP contribution in [0.1, 0.15) is 12.8 Å². The molecule has 0 spiro atoms. The quantitative estimate of drug-likeness (QED) is 0.214. The van der Waals surface area contributed by atoms with Gasteiger partial charge in [-0.15, -0.1) is 0 Å². The van der Waals surface area contributed by atoms with Gasteiger partial charge in [0.05, 0.1) is 0 Å². The molecular formula is C4H10N2O7S. The molecule has 0 fully saturated rings. The summed E-state index contributed by atoms with van der Waals surface area (Å²) in [6.45, 7) is 0. The van der Waals surface area contributed by atoms with Gasteiger partial charge in [-0.2, -0.15) is 8.42 Å². The second-order valence-corrected chi connectivity index (χ2v) is 2.84. The van der Waals surface area contributed by atoms with Gasteiger partial charge in [0.1, 0.15) is 0 Å². The Bertz CT molecular complexity index is 276. The highest BCUT2D eigenvalue weighted by atomic mass is 32.3. The Morgan fingerprint density at radius 3 is 1.79 bits per heavy atom. The number of nitrogens with two attached hydrogens (primary N) is 1. The first-order valence-electron chi connectivity index (χ1n) is 3.08. The first-order valence-corrected chi connectivity index (χ1v) is 4.47. The Labute approximate surface area is 79.4 Å². The molecule has 14 heavy (non-hydrogen) atoms. The Balaban J connectivity index is 0. The molecule has 10 heteroatoms. The van der Waals surface area contributed by atoms with E-state index in [1.54, 1.807) is 0 Å². The van der Waals surface area contributed by atoms with Gasteiger partial charge in [0.2, 0.25) is 11.8 Å². The van der Waals surface area contributed by atoms with Crippen LogP contribution in [0.5, 0.6) is 0 Å². The zero-order valence-corrected chi connectivity index (χ0v) is 7.69. The summed E-state index contributed by atoms with van der Waals surface area (Å²) in [6, 6.07) is 0. The maximum atomic E-state index is 10.1. The topological polar surface area (TPSA) is 167 Å². The lowest BCUT2D eigenvalue weighted by Crippen LogP contribution is -2.21. The molecule has 0 saturated heterocycles. The molecule has 2 amide bonds. The number of hydrogen-bond donors (Lipinski definition) is 5. The summed E-state index contributed by atoms with van der Waals surface area (Å²) in [7, 11) is -4.67. The van der Waals surface area contributed by atoms with E-state index in [0.717, 1.165) is 0 Å². The van der Waals surface area contributed by atoms with Gasteiger partial charge >= 0.3 is 10.4 Å². The summed E-state index contributed by atoms with van der Waals surface area (Å²) in [6.07, 6.45) is -0.0990. The van der Waals surface area contributed by atoms with E-state index in [4.69, 9.17) is 28.5 Å². The molecule has 0 aliphatic rings. The molecule has 0 rings (SSSR count). The van der Waals surface area contributed by atoms with Crippen LogP contribution >= 0.6 is 0 Å². The number of carbonyl (C=O) groups excluding carboxylic acids is 2. The number of hydroxylamine groups is 1. The molecule has 6 N–H and O–H groups in total. The van der Waals surface area contributed by atoms with E-state index in [2.05, 4.69) is 0 Å². The van der Waals surface area contributed by atoms with Crippen LogP contribution in [0.15, 0.2) is 0 Å². The molecule has 0 radical (unpaired) electrons. The van der Waals surface area contributed by atoms with Gasteiger partial charge in [-0.25, -0.2) is 5.48 Å². The SMILES string of the molecule is NC(=O)CCC(=O)NO.O=S(=O)(O)O. The highest BCUT2D eigenvalue weighted by Gasteiger charge is 2.00. The first kappa shape index (κ1) is 15.3. The molecule has 0 aromatic carbocycles. The van der Waals surface area contributed by atoms with Gasteiger partial charge in [0, 0.05) is 12.8 Å². The van der Waals surface area contributed by atoms with E-state index in [1.807, 2.05) is 0 Å². The van der Waals surface area contributed by atoms with Crippen LogP contribution in [0.25, 0.3) is 0 Å². The average molecular weight is 230 g/mol. The van der Waals surface area contributed by atoms with E-state index in [9.17, 15) is 9.59 Å². The van der Waals surface area contributed by atoms with E-state index in [1.165, 1.54) is 5.48 Å². The molecule has 0 atom stereocenters. The molecule has 0 bridgehead atoms. The number of carbonyl (C=O) groups is 2. The van der Waals surface area contributed by atoms with Crippen molar-refractivity contribution in [1.29, 1.82) is 0 Å². The van der Waals surface area contributed by atoms with Gasteiger partial charge in [0.25, 0.3) is 0 Å². The number of amides is 2. The molecule has 0 unspecified atom stereocenters. The van der Waals surface area contributed by atoms with Crippen LogP contribution in [0.4, 0.5) is 0 Å². The Hall–Kier alpha value is -1.23. The zero-order valence-electron chi connectivity index (χ0n) is 6.87.